The summed E-state index contributed by atoms with van der Waals surface area (Å²) in [5, 5.41) is 12.0. The monoisotopic (exact) mass is 276 g/mol. The SMILES string of the molecule is O=C(CN1CCCC(CCO)C1)NCc1ccccc1. The van der Waals surface area contributed by atoms with Crippen molar-refractivity contribution in [2.24, 2.45) is 5.92 Å². The number of nitrogens with zero attached hydrogens (tertiary/aromatic N) is 1. The highest BCUT2D eigenvalue weighted by Crippen LogP contribution is 2.18. The molecule has 1 heterocycles. The summed E-state index contributed by atoms with van der Waals surface area (Å²) in [6, 6.07) is 9.95. The van der Waals surface area contributed by atoms with Gasteiger partial charge in [-0.05, 0) is 37.3 Å². The Bertz CT molecular complexity index is 406. The third-order valence-corrected chi connectivity index (χ3v) is 3.84. The van der Waals surface area contributed by atoms with Crippen LogP contribution in [0.25, 0.3) is 0 Å². The maximum absolute atomic E-state index is 11.9. The first-order chi connectivity index (χ1) is 9.78. The van der Waals surface area contributed by atoms with Crippen molar-refractivity contribution in [3.05, 3.63) is 35.9 Å². The van der Waals surface area contributed by atoms with Crippen LogP contribution < -0.4 is 5.32 Å². The molecule has 2 rings (SSSR count). The van der Waals surface area contributed by atoms with Gasteiger partial charge in [-0.15, -0.1) is 0 Å². The van der Waals surface area contributed by atoms with Crippen LogP contribution >= 0.6 is 0 Å². The highest BCUT2D eigenvalue weighted by atomic mass is 16.3. The number of amides is 1. The van der Waals surface area contributed by atoms with Crippen LogP contribution in [0.2, 0.25) is 0 Å². The van der Waals surface area contributed by atoms with E-state index >= 15 is 0 Å². The zero-order valence-corrected chi connectivity index (χ0v) is 11.9. The predicted molar refractivity (Wildman–Crippen MR) is 79.2 cm³/mol. The van der Waals surface area contributed by atoms with Gasteiger partial charge in [0.05, 0.1) is 6.54 Å². The van der Waals surface area contributed by atoms with Gasteiger partial charge in [-0.25, -0.2) is 0 Å². The van der Waals surface area contributed by atoms with E-state index in [4.69, 9.17) is 5.11 Å². The number of carbonyl (C=O) groups is 1. The molecule has 4 nitrogen and oxygen atoms in total. The first-order valence-corrected chi connectivity index (χ1v) is 7.42. The number of aliphatic hydroxyl groups excluding tert-OH is 1. The molecule has 2 N–H and O–H groups in total. The number of hydrogen-bond acceptors (Lipinski definition) is 3. The number of piperidine rings is 1. The molecule has 1 aromatic carbocycles. The van der Waals surface area contributed by atoms with E-state index in [-0.39, 0.29) is 12.5 Å². The van der Waals surface area contributed by atoms with Crippen molar-refractivity contribution in [1.82, 2.24) is 10.2 Å². The zero-order chi connectivity index (χ0) is 14.2. The average molecular weight is 276 g/mol. The summed E-state index contributed by atoms with van der Waals surface area (Å²) in [6.07, 6.45) is 3.14. The second kappa shape index (κ2) is 8.02. The fourth-order valence-corrected chi connectivity index (χ4v) is 2.77. The van der Waals surface area contributed by atoms with Crippen LogP contribution in [0.1, 0.15) is 24.8 Å². The first kappa shape index (κ1) is 15.0. The van der Waals surface area contributed by atoms with Gasteiger partial charge in [0.15, 0.2) is 0 Å². The molecule has 1 aliphatic heterocycles. The average Bonchev–Trinajstić information content (AvgIpc) is 2.47. The summed E-state index contributed by atoms with van der Waals surface area (Å²) in [6.45, 7) is 3.22. The van der Waals surface area contributed by atoms with Crippen LogP contribution in [0.3, 0.4) is 0 Å². The molecule has 1 aliphatic rings. The molecule has 0 spiro atoms. The van der Waals surface area contributed by atoms with Crippen molar-refractivity contribution < 1.29 is 9.90 Å². The van der Waals surface area contributed by atoms with Crippen molar-refractivity contribution in [3.8, 4) is 0 Å². The Labute approximate surface area is 120 Å². The minimum Gasteiger partial charge on any atom is -0.396 e. The number of likely N-dealkylation sites (tertiary alicyclic amines) is 1. The fraction of sp³-hybridized carbons (Fsp3) is 0.562. The van der Waals surface area contributed by atoms with Crippen LogP contribution in [-0.2, 0) is 11.3 Å². The molecule has 1 unspecified atom stereocenters. The molecule has 0 aliphatic carbocycles. The second-order valence-electron chi connectivity index (χ2n) is 5.52. The summed E-state index contributed by atoms with van der Waals surface area (Å²) < 4.78 is 0. The number of nitrogens with one attached hydrogen (secondary N) is 1. The van der Waals surface area contributed by atoms with E-state index in [0.29, 0.717) is 19.0 Å². The number of carbonyl (C=O) groups excluding carboxylic acids is 1. The lowest BCUT2D eigenvalue weighted by atomic mass is 9.95. The van der Waals surface area contributed by atoms with Crippen LogP contribution in [0, 0.1) is 5.92 Å². The van der Waals surface area contributed by atoms with Crippen LogP contribution in [0.5, 0.6) is 0 Å². The van der Waals surface area contributed by atoms with E-state index in [0.717, 1.165) is 31.5 Å². The maximum Gasteiger partial charge on any atom is 0.234 e. The van der Waals surface area contributed by atoms with E-state index < -0.39 is 0 Å². The summed E-state index contributed by atoms with van der Waals surface area (Å²) in [5.74, 6) is 0.620. The van der Waals surface area contributed by atoms with Crippen molar-refractivity contribution >= 4 is 5.91 Å². The van der Waals surface area contributed by atoms with Crippen LogP contribution in [0.15, 0.2) is 30.3 Å². The Hall–Kier alpha value is -1.39. The Morgan fingerprint density at radius 3 is 2.90 bits per heavy atom. The molecule has 110 valence electrons. The van der Waals surface area contributed by atoms with Crippen molar-refractivity contribution in [1.29, 1.82) is 0 Å². The topological polar surface area (TPSA) is 52.6 Å². The largest absolute Gasteiger partial charge is 0.396 e. The molecule has 0 aromatic heterocycles. The number of rotatable bonds is 6. The molecule has 0 saturated carbocycles. The first-order valence-electron chi connectivity index (χ1n) is 7.42. The fourth-order valence-electron chi connectivity index (χ4n) is 2.77. The third kappa shape index (κ3) is 4.94. The van der Waals surface area contributed by atoms with Gasteiger partial charge in [0.2, 0.25) is 5.91 Å². The summed E-state index contributed by atoms with van der Waals surface area (Å²) in [7, 11) is 0. The third-order valence-electron chi connectivity index (χ3n) is 3.84. The van der Waals surface area contributed by atoms with Crippen molar-refractivity contribution in [2.75, 3.05) is 26.2 Å². The van der Waals surface area contributed by atoms with Crippen LogP contribution in [0.4, 0.5) is 0 Å². The lowest BCUT2D eigenvalue weighted by molar-refractivity contribution is -0.122. The second-order valence-corrected chi connectivity index (χ2v) is 5.52. The van der Waals surface area contributed by atoms with Crippen molar-refractivity contribution in [3.63, 3.8) is 0 Å². The lowest BCUT2D eigenvalue weighted by Gasteiger charge is -2.31. The van der Waals surface area contributed by atoms with Crippen molar-refractivity contribution in [2.45, 2.75) is 25.8 Å². The van der Waals surface area contributed by atoms with Gasteiger partial charge in [0, 0.05) is 19.7 Å². The normalized spacial score (nSPS) is 19.8. The molecule has 1 aromatic rings. The Kier molecular flexibility index (Phi) is 6.02. The Morgan fingerprint density at radius 1 is 1.35 bits per heavy atom. The van der Waals surface area contributed by atoms with E-state index in [9.17, 15) is 4.79 Å². The Balaban J connectivity index is 1.71. The Morgan fingerprint density at radius 2 is 2.15 bits per heavy atom. The molecule has 0 bridgehead atoms. The maximum atomic E-state index is 11.9. The highest BCUT2D eigenvalue weighted by Gasteiger charge is 2.20. The highest BCUT2D eigenvalue weighted by molar-refractivity contribution is 5.78. The van der Waals surface area contributed by atoms with Gasteiger partial charge in [0.25, 0.3) is 0 Å². The standard InChI is InChI=1S/C16H24N2O2/c19-10-8-15-7-4-9-18(12-15)13-16(20)17-11-14-5-2-1-3-6-14/h1-3,5-6,15,19H,4,7-13H2,(H,17,20). The molecule has 1 atom stereocenters. The van der Waals surface area contributed by atoms with Crippen LogP contribution in [-0.4, -0.2) is 42.2 Å². The summed E-state index contributed by atoms with van der Waals surface area (Å²) >= 11 is 0. The lowest BCUT2D eigenvalue weighted by Crippen LogP contribution is -2.42. The summed E-state index contributed by atoms with van der Waals surface area (Å²) in [4.78, 5) is 14.1. The van der Waals surface area contributed by atoms with E-state index in [1.165, 1.54) is 6.42 Å². The molecule has 1 saturated heterocycles. The van der Waals surface area contributed by atoms with E-state index in [1.807, 2.05) is 30.3 Å². The van der Waals surface area contributed by atoms with Gasteiger partial charge < -0.3 is 10.4 Å². The quantitative estimate of drug-likeness (QED) is 0.826. The molecular formula is C16H24N2O2. The predicted octanol–water partition coefficient (Wildman–Crippen LogP) is 1.40. The summed E-state index contributed by atoms with van der Waals surface area (Å²) in [5.41, 5.74) is 1.12. The molecule has 4 heteroatoms. The molecule has 1 amide bonds. The molecular weight excluding hydrogens is 252 g/mol. The van der Waals surface area contributed by atoms with Gasteiger partial charge in [-0.1, -0.05) is 30.3 Å². The van der Waals surface area contributed by atoms with Gasteiger partial charge in [-0.3, -0.25) is 9.69 Å². The molecule has 0 radical (unpaired) electrons. The van der Waals surface area contributed by atoms with Gasteiger partial charge in [-0.2, -0.15) is 0 Å². The zero-order valence-electron chi connectivity index (χ0n) is 11.9. The minimum absolute atomic E-state index is 0.0819. The van der Waals surface area contributed by atoms with E-state index in [2.05, 4.69) is 10.2 Å². The number of benzene rings is 1. The van der Waals surface area contributed by atoms with Gasteiger partial charge >= 0.3 is 0 Å². The smallest absolute Gasteiger partial charge is 0.234 e. The minimum atomic E-state index is 0.0819. The number of hydrogen-bond donors (Lipinski definition) is 2. The van der Waals surface area contributed by atoms with E-state index in [1.54, 1.807) is 0 Å². The molecule has 1 fully saturated rings. The number of aliphatic hydroxyl groups is 1. The van der Waals surface area contributed by atoms with Gasteiger partial charge in [0.1, 0.15) is 0 Å². The molecule has 20 heavy (non-hydrogen) atoms.